The van der Waals surface area contributed by atoms with Crippen molar-refractivity contribution in [3.63, 3.8) is 0 Å². The third kappa shape index (κ3) is 5.59. The van der Waals surface area contributed by atoms with Crippen LogP contribution in [0.3, 0.4) is 0 Å². The highest BCUT2D eigenvalue weighted by Gasteiger charge is 2.12. The summed E-state index contributed by atoms with van der Waals surface area (Å²) in [6, 6.07) is 6.24. The van der Waals surface area contributed by atoms with E-state index < -0.39 is 5.97 Å². The number of unbranched alkanes of at least 4 members (excludes halogenated alkanes) is 1. The third-order valence-corrected chi connectivity index (χ3v) is 4.19. The fraction of sp³-hybridized carbons (Fsp3) is 0.438. The summed E-state index contributed by atoms with van der Waals surface area (Å²) in [7, 11) is 0. The zero-order valence-corrected chi connectivity index (χ0v) is 13.8. The second-order valence-corrected chi connectivity index (χ2v) is 5.99. The number of aliphatic carboxylic acids is 1. The predicted octanol–water partition coefficient (Wildman–Crippen LogP) is 2.01. The first-order valence-corrected chi connectivity index (χ1v) is 8.37. The monoisotopic (exact) mass is 336 g/mol. The lowest BCUT2D eigenvalue weighted by Gasteiger charge is -2.21. The molecule has 0 fully saturated rings. The van der Waals surface area contributed by atoms with E-state index in [2.05, 4.69) is 16.3 Å². The molecular weight excluding hydrogens is 317 g/mol. The number of anilines is 1. The fourth-order valence-corrected chi connectivity index (χ4v) is 2.84. The fourth-order valence-electron chi connectivity index (χ4n) is 2.11. The van der Waals surface area contributed by atoms with Gasteiger partial charge in [0, 0.05) is 43.4 Å². The van der Waals surface area contributed by atoms with Gasteiger partial charge < -0.3 is 14.8 Å². The Morgan fingerprint density at radius 2 is 2.04 bits per heavy atom. The van der Waals surface area contributed by atoms with E-state index in [9.17, 15) is 14.3 Å². The van der Waals surface area contributed by atoms with Crippen molar-refractivity contribution in [2.45, 2.75) is 32.6 Å². The van der Waals surface area contributed by atoms with Gasteiger partial charge in [-0.25, -0.2) is 9.37 Å². The molecule has 124 valence electrons. The van der Waals surface area contributed by atoms with Gasteiger partial charge in [0.25, 0.3) is 0 Å². The number of benzene rings is 1. The first kappa shape index (κ1) is 17.3. The van der Waals surface area contributed by atoms with Crippen LogP contribution < -0.4 is 10.0 Å². The van der Waals surface area contributed by atoms with Crippen LogP contribution in [0.4, 0.5) is 9.52 Å². The summed E-state index contributed by atoms with van der Waals surface area (Å²) in [5, 5.41) is 11.4. The van der Waals surface area contributed by atoms with Crippen molar-refractivity contribution in [3.8, 4) is 0 Å². The van der Waals surface area contributed by atoms with Crippen LogP contribution >= 0.6 is 11.5 Å². The molecule has 0 N–H and O–H groups in total. The second kappa shape index (κ2) is 8.57. The number of carbonyl (C=O) groups is 1. The van der Waals surface area contributed by atoms with Gasteiger partial charge in [0.15, 0.2) is 0 Å². The highest BCUT2D eigenvalue weighted by molar-refractivity contribution is 7.09. The molecule has 0 spiro atoms. The van der Waals surface area contributed by atoms with Gasteiger partial charge in [0.1, 0.15) is 11.6 Å². The number of hydrogen-bond acceptors (Lipinski definition) is 6. The van der Waals surface area contributed by atoms with E-state index in [1.165, 1.54) is 23.7 Å². The maximum absolute atomic E-state index is 12.9. The van der Waals surface area contributed by atoms with Gasteiger partial charge in [-0.1, -0.05) is 25.5 Å². The Hall–Kier alpha value is -2.02. The molecule has 7 heteroatoms. The van der Waals surface area contributed by atoms with Gasteiger partial charge in [-0.3, -0.25) is 0 Å². The van der Waals surface area contributed by atoms with Crippen LogP contribution in [-0.2, 0) is 11.2 Å². The zero-order chi connectivity index (χ0) is 16.7. The molecule has 0 aliphatic carbocycles. The van der Waals surface area contributed by atoms with Gasteiger partial charge in [0.2, 0.25) is 5.13 Å². The first-order chi connectivity index (χ1) is 11.1. The molecular formula is C16H19FN3O2S-. The van der Waals surface area contributed by atoms with Crippen molar-refractivity contribution in [2.75, 3.05) is 18.0 Å². The average molecular weight is 336 g/mol. The van der Waals surface area contributed by atoms with Crippen LogP contribution in [0.2, 0.25) is 0 Å². The Balaban J connectivity index is 2.03. The number of carboxylic acids is 1. The van der Waals surface area contributed by atoms with E-state index in [1.807, 2.05) is 4.90 Å². The lowest BCUT2D eigenvalue weighted by atomic mass is 10.1. The van der Waals surface area contributed by atoms with Crippen molar-refractivity contribution in [2.24, 2.45) is 0 Å². The SMILES string of the molecule is CCCCN(CCC(=O)[O-])c1nc(Cc2ccc(F)cc2)ns1. The third-order valence-electron chi connectivity index (χ3n) is 3.37. The molecule has 0 saturated heterocycles. The molecule has 0 radical (unpaired) electrons. The van der Waals surface area contributed by atoms with E-state index in [0.29, 0.717) is 18.8 Å². The molecule has 1 aromatic carbocycles. The summed E-state index contributed by atoms with van der Waals surface area (Å²) in [5.74, 6) is -0.678. The minimum Gasteiger partial charge on any atom is -0.550 e. The number of hydrogen-bond donors (Lipinski definition) is 0. The highest BCUT2D eigenvalue weighted by Crippen LogP contribution is 2.20. The van der Waals surface area contributed by atoms with Crippen molar-refractivity contribution in [1.82, 2.24) is 9.36 Å². The Morgan fingerprint density at radius 3 is 2.70 bits per heavy atom. The van der Waals surface area contributed by atoms with E-state index in [4.69, 9.17) is 0 Å². The Bertz CT molecular complexity index is 631. The summed E-state index contributed by atoms with van der Waals surface area (Å²) in [5.41, 5.74) is 0.936. The summed E-state index contributed by atoms with van der Waals surface area (Å²) >= 11 is 1.26. The topological polar surface area (TPSA) is 69.2 Å². The van der Waals surface area contributed by atoms with E-state index in [-0.39, 0.29) is 12.2 Å². The number of halogens is 1. The molecule has 2 aromatic rings. The number of nitrogens with zero attached hydrogens (tertiary/aromatic N) is 3. The number of carboxylic acid groups (broad SMARTS) is 1. The predicted molar refractivity (Wildman–Crippen MR) is 85.9 cm³/mol. The largest absolute Gasteiger partial charge is 0.550 e. The zero-order valence-electron chi connectivity index (χ0n) is 13.0. The second-order valence-electron chi connectivity index (χ2n) is 5.26. The normalized spacial score (nSPS) is 10.7. The molecule has 0 unspecified atom stereocenters. The van der Waals surface area contributed by atoms with Crippen LogP contribution in [0.1, 0.15) is 37.6 Å². The molecule has 1 aromatic heterocycles. The minimum atomic E-state index is -1.07. The van der Waals surface area contributed by atoms with Gasteiger partial charge in [-0.2, -0.15) is 4.37 Å². The molecule has 0 saturated carbocycles. The van der Waals surface area contributed by atoms with Crippen LogP contribution in [-0.4, -0.2) is 28.4 Å². The lowest BCUT2D eigenvalue weighted by molar-refractivity contribution is -0.305. The van der Waals surface area contributed by atoms with Crippen molar-refractivity contribution >= 4 is 22.6 Å². The van der Waals surface area contributed by atoms with Crippen molar-refractivity contribution in [1.29, 1.82) is 0 Å². The van der Waals surface area contributed by atoms with E-state index >= 15 is 0 Å². The van der Waals surface area contributed by atoms with Gasteiger partial charge in [0.05, 0.1) is 0 Å². The summed E-state index contributed by atoms with van der Waals surface area (Å²) in [6.07, 6.45) is 2.47. The quantitative estimate of drug-likeness (QED) is 0.701. The molecule has 1 heterocycles. The van der Waals surface area contributed by atoms with E-state index in [0.717, 1.165) is 30.1 Å². The standard InChI is InChI=1S/C16H20FN3O2S/c1-2-3-9-20(10-8-15(21)22)16-18-14(19-23-16)11-12-4-6-13(17)7-5-12/h4-7H,2-3,8-11H2,1H3,(H,21,22)/p-1. The molecule has 0 atom stereocenters. The number of aromatic nitrogens is 2. The van der Waals surface area contributed by atoms with Crippen LogP contribution in [0.5, 0.6) is 0 Å². The number of carbonyl (C=O) groups excluding carboxylic acids is 1. The Labute approximate surface area is 139 Å². The summed E-state index contributed by atoms with van der Waals surface area (Å²) in [6.45, 7) is 3.19. The van der Waals surface area contributed by atoms with Gasteiger partial charge in [-0.05, 0) is 24.1 Å². The molecule has 0 aliphatic heterocycles. The summed E-state index contributed by atoms with van der Waals surface area (Å²) < 4.78 is 17.2. The van der Waals surface area contributed by atoms with Gasteiger partial charge in [-0.15, -0.1) is 0 Å². The van der Waals surface area contributed by atoms with E-state index in [1.54, 1.807) is 12.1 Å². The Morgan fingerprint density at radius 1 is 1.30 bits per heavy atom. The molecule has 5 nitrogen and oxygen atoms in total. The molecule has 23 heavy (non-hydrogen) atoms. The molecule has 0 amide bonds. The molecule has 0 aliphatic rings. The maximum Gasteiger partial charge on any atom is 0.205 e. The smallest absolute Gasteiger partial charge is 0.205 e. The van der Waals surface area contributed by atoms with Crippen molar-refractivity contribution < 1.29 is 14.3 Å². The van der Waals surface area contributed by atoms with Gasteiger partial charge >= 0.3 is 0 Å². The average Bonchev–Trinajstić information content (AvgIpc) is 2.98. The van der Waals surface area contributed by atoms with Crippen LogP contribution in [0.25, 0.3) is 0 Å². The Kier molecular flexibility index (Phi) is 6.46. The van der Waals surface area contributed by atoms with Crippen LogP contribution in [0, 0.1) is 5.82 Å². The molecule has 2 rings (SSSR count). The van der Waals surface area contributed by atoms with Crippen molar-refractivity contribution in [3.05, 3.63) is 41.5 Å². The molecule has 0 bridgehead atoms. The minimum absolute atomic E-state index is 0.0312. The number of rotatable bonds is 9. The summed E-state index contributed by atoms with van der Waals surface area (Å²) in [4.78, 5) is 17.1. The highest BCUT2D eigenvalue weighted by atomic mass is 32.1. The van der Waals surface area contributed by atoms with Crippen LogP contribution in [0.15, 0.2) is 24.3 Å². The maximum atomic E-state index is 12.9. The first-order valence-electron chi connectivity index (χ1n) is 7.60. The lowest BCUT2D eigenvalue weighted by Crippen LogP contribution is -2.31.